The van der Waals surface area contributed by atoms with Crippen LogP contribution in [0, 0.1) is 16.7 Å². The fourth-order valence-electron chi connectivity index (χ4n) is 3.26. The van der Waals surface area contributed by atoms with Gasteiger partial charge in [0, 0.05) is 18.5 Å². The van der Waals surface area contributed by atoms with Crippen LogP contribution in [-0.4, -0.2) is 13.1 Å². The standard InChI is InChI=1S/C16H21ClN2/c1-3-7-16(8-4-2)11-19(12-16)15-9-13(10-18)5-6-14(15)17/h5-6,9H,3-4,7-8,11-12H2,1-2H3. The smallest absolute Gasteiger partial charge is 0.0992 e. The van der Waals surface area contributed by atoms with Crippen LogP contribution >= 0.6 is 11.6 Å². The molecule has 0 radical (unpaired) electrons. The average Bonchev–Trinajstić information content (AvgIpc) is 2.36. The van der Waals surface area contributed by atoms with E-state index >= 15 is 0 Å². The quantitative estimate of drug-likeness (QED) is 0.785. The third-order valence-corrected chi connectivity index (χ3v) is 4.35. The summed E-state index contributed by atoms with van der Waals surface area (Å²) in [6.07, 6.45) is 5.04. The number of rotatable bonds is 5. The zero-order valence-corrected chi connectivity index (χ0v) is 12.5. The summed E-state index contributed by atoms with van der Waals surface area (Å²) in [7, 11) is 0. The van der Waals surface area contributed by atoms with Crippen molar-refractivity contribution in [3.63, 3.8) is 0 Å². The summed E-state index contributed by atoms with van der Waals surface area (Å²) in [5.41, 5.74) is 2.17. The van der Waals surface area contributed by atoms with Crippen molar-refractivity contribution in [2.75, 3.05) is 18.0 Å². The lowest BCUT2D eigenvalue weighted by molar-refractivity contribution is 0.173. The molecule has 19 heavy (non-hydrogen) atoms. The highest BCUT2D eigenvalue weighted by molar-refractivity contribution is 6.33. The number of nitriles is 1. The highest BCUT2D eigenvalue weighted by atomic mass is 35.5. The van der Waals surface area contributed by atoms with Gasteiger partial charge < -0.3 is 4.90 Å². The molecule has 1 heterocycles. The molecule has 0 N–H and O–H groups in total. The second kappa shape index (κ2) is 5.84. The lowest BCUT2D eigenvalue weighted by Gasteiger charge is -2.52. The highest BCUT2D eigenvalue weighted by Crippen LogP contribution is 2.43. The van der Waals surface area contributed by atoms with E-state index in [1.54, 1.807) is 6.07 Å². The second-order valence-electron chi connectivity index (χ2n) is 5.63. The van der Waals surface area contributed by atoms with Gasteiger partial charge in [-0.2, -0.15) is 5.26 Å². The molecule has 1 aromatic rings. The monoisotopic (exact) mass is 276 g/mol. The third-order valence-electron chi connectivity index (χ3n) is 4.03. The molecule has 1 saturated heterocycles. The van der Waals surface area contributed by atoms with Crippen LogP contribution in [0.3, 0.4) is 0 Å². The first-order valence-corrected chi connectivity index (χ1v) is 7.46. The summed E-state index contributed by atoms with van der Waals surface area (Å²) in [6, 6.07) is 7.69. The van der Waals surface area contributed by atoms with Crippen LogP contribution in [0.25, 0.3) is 0 Å². The predicted octanol–water partition coefficient (Wildman–Crippen LogP) is 4.62. The largest absolute Gasteiger partial charge is 0.369 e. The summed E-state index contributed by atoms with van der Waals surface area (Å²) in [5, 5.41) is 9.74. The van der Waals surface area contributed by atoms with Crippen molar-refractivity contribution in [2.45, 2.75) is 39.5 Å². The van der Waals surface area contributed by atoms with Crippen LogP contribution in [0.5, 0.6) is 0 Å². The van der Waals surface area contributed by atoms with Gasteiger partial charge in [0.05, 0.1) is 22.3 Å². The maximum absolute atomic E-state index is 8.98. The molecule has 1 aliphatic heterocycles. The molecule has 0 atom stereocenters. The fraction of sp³-hybridized carbons (Fsp3) is 0.562. The molecule has 1 aliphatic rings. The molecular formula is C16H21ClN2. The second-order valence-corrected chi connectivity index (χ2v) is 6.04. The van der Waals surface area contributed by atoms with Crippen LogP contribution in [0.4, 0.5) is 5.69 Å². The Labute approximate surface area is 121 Å². The number of halogens is 1. The van der Waals surface area contributed by atoms with Crippen LogP contribution in [0.2, 0.25) is 5.02 Å². The van der Waals surface area contributed by atoms with Gasteiger partial charge >= 0.3 is 0 Å². The van der Waals surface area contributed by atoms with E-state index in [1.165, 1.54) is 25.7 Å². The molecule has 0 saturated carbocycles. The Morgan fingerprint density at radius 2 is 1.89 bits per heavy atom. The first-order chi connectivity index (χ1) is 9.14. The van der Waals surface area contributed by atoms with E-state index in [0.29, 0.717) is 11.0 Å². The van der Waals surface area contributed by atoms with Gasteiger partial charge in [-0.15, -0.1) is 0 Å². The molecule has 2 rings (SSSR count). The van der Waals surface area contributed by atoms with Crippen molar-refractivity contribution in [3.8, 4) is 6.07 Å². The van der Waals surface area contributed by atoms with Crippen molar-refractivity contribution in [1.29, 1.82) is 5.26 Å². The molecule has 0 unspecified atom stereocenters. The third kappa shape index (κ3) is 2.87. The Bertz CT molecular complexity index is 476. The molecule has 102 valence electrons. The number of hydrogen-bond acceptors (Lipinski definition) is 2. The summed E-state index contributed by atoms with van der Waals surface area (Å²) >= 11 is 6.26. The van der Waals surface area contributed by atoms with Gasteiger partial charge in [0.2, 0.25) is 0 Å². The van der Waals surface area contributed by atoms with Gasteiger partial charge in [0.15, 0.2) is 0 Å². The molecule has 0 amide bonds. The van der Waals surface area contributed by atoms with E-state index in [1.807, 2.05) is 12.1 Å². The van der Waals surface area contributed by atoms with Gasteiger partial charge in [-0.05, 0) is 31.0 Å². The van der Waals surface area contributed by atoms with E-state index in [9.17, 15) is 0 Å². The summed E-state index contributed by atoms with van der Waals surface area (Å²) in [4.78, 5) is 2.31. The summed E-state index contributed by atoms with van der Waals surface area (Å²) < 4.78 is 0. The summed E-state index contributed by atoms with van der Waals surface area (Å²) in [5.74, 6) is 0. The highest BCUT2D eigenvalue weighted by Gasteiger charge is 2.41. The fourth-order valence-corrected chi connectivity index (χ4v) is 3.50. The van der Waals surface area contributed by atoms with Crippen molar-refractivity contribution in [2.24, 2.45) is 5.41 Å². The Morgan fingerprint density at radius 1 is 1.26 bits per heavy atom. The molecule has 0 spiro atoms. The van der Waals surface area contributed by atoms with Crippen LogP contribution in [0.15, 0.2) is 18.2 Å². The minimum atomic E-state index is 0.468. The van der Waals surface area contributed by atoms with Gasteiger partial charge in [0.1, 0.15) is 0 Å². The van der Waals surface area contributed by atoms with E-state index < -0.39 is 0 Å². The van der Waals surface area contributed by atoms with Gasteiger partial charge in [0.25, 0.3) is 0 Å². The SMILES string of the molecule is CCCC1(CCC)CN(c2cc(C#N)ccc2Cl)C1. The van der Waals surface area contributed by atoms with E-state index in [4.69, 9.17) is 16.9 Å². The van der Waals surface area contributed by atoms with Crippen LogP contribution in [-0.2, 0) is 0 Å². The van der Waals surface area contributed by atoms with Crippen molar-refractivity contribution < 1.29 is 0 Å². The minimum Gasteiger partial charge on any atom is -0.369 e. The number of hydrogen-bond donors (Lipinski definition) is 0. The molecular weight excluding hydrogens is 256 g/mol. The van der Waals surface area contributed by atoms with Crippen molar-refractivity contribution >= 4 is 17.3 Å². The minimum absolute atomic E-state index is 0.468. The molecule has 0 aliphatic carbocycles. The Morgan fingerprint density at radius 3 is 2.42 bits per heavy atom. The zero-order chi connectivity index (χ0) is 13.9. The number of anilines is 1. The van der Waals surface area contributed by atoms with Crippen LogP contribution in [0.1, 0.15) is 45.1 Å². The maximum atomic E-state index is 8.98. The molecule has 1 fully saturated rings. The first kappa shape index (κ1) is 14.2. The molecule has 0 aromatic heterocycles. The number of nitrogens with zero attached hydrogens (tertiary/aromatic N) is 2. The van der Waals surface area contributed by atoms with E-state index in [2.05, 4.69) is 24.8 Å². The van der Waals surface area contributed by atoms with Crippen LogP contribution < -0.4 is 4.90 Å². The Kier molecular flexibility index (Phi) is 4.37. The van der Waals surface area contributed by atoms with Gasteiger partial charge in [-0.25, -0.2) is 0 Å². The average molecular weight is 277 g/mol. The van der Waals surface area contributed by atoms with E-state index in [0.717, 1.165) is 23.8 Å². The first-order valence-electron chi connectivity index (χ1n) is 7.09. The lowest BCUT2D eigenvalue weighted by atomic mass is 9.72. The Hall–Kier alpha value is -1.20. The molecule has 2 nitrogen and oxygen atoms in total. The zero-order valence-electron chi connectivity index (χ0n) is 11.7. The molecule has 3 heteroatoms. The molecule has 1 aromatic carbocycles. The van der Waals surface area contributed by atoms with Gasteiger partial charge in [-0.3, -0.25) is 0 Å². The van der Waals surface area contributed by atoms with Gasteiger partial charge in [-0.1, -0.05) is 38.3 Å². The Balaban J connectivity index is 2.13. The maximum Gasteiger partial charge on any atom is 0.0992 e. The normalized spacial score (nSPS) is 16.8. The number of benzene rings is 1. The van der Waals surface area contributed by atoms with Crippen molar-refractivity contribution in [1.82, 2.24) is 0 Å². The molecule has 0 bridgehead atoms. The predicted molar refractivity (Wildman–Crippen MR) is 80.6 cm³/mol. The lowest BCUT2D eigenvalue weighted by Crippen LogP contribution is -2.56. The van der Waals surface area contributed by atoms with Crippen molar-refractivity contribution in [3.05, 3.63) is 28.8 Å². The van der Waals surface area contributed by atoms with E-state index in [-0.39, 0.29) is 0 Å². The summed E-state index contributed by atoms with van der Waals surface area (Å²) in [6.45, 7) is 6.65. The topological polar surface area (TPSA) is 27.0 Å².